The number of quaternary nitrogens is 1. The highest BCUT2D eigenvalue weighted by atomic mass is 79.9. The number of benzene rings is 2. The van der Waals surface area contributed by atoms with E-state index in [-0.39, 0.29) is 28.6 Å². The fraction of sp³-hybridized carbons (Fsp3) is 0.440. The Morgan fingerprint density at radius 2 is 1.31 bits per heavy atom. The average Bonchev–Trinajstić information content (AvgIpc) is 2.83. The Labute approximate surface area is 183 Å². The van der Waals surface area contributed by atoms with Crippen molar-refractivity contribution in [1.82, 2.24) is 0 Å². The van der Waals surface area contributed by atoms with E-state index < -0.39 is 0 Å². The fourth-order valence-electron chi connectivity index (χ4n) is 5.42. The molecule has 0 N–H and O–H groups in total. The molecule has 2 saturated heterocycles. The Morgan fingerprint density at radius 1 is 0.862 bits per heavy atom. The van der Waals surface area contributed by atoms with Gasteiger partial charge in [-0.3, -0.25) is 0 Å². The van der Waals surface area contributed by atoms with Crippen molar-refractivity contribution in [1.29, 1.82) is 0 Å². The van der Waals surface area contributed by atoms with Crippen LogP contribution in [0.2, 0.25) is 0 Å². The third-order valence-corrected chi connectivity index (χ3v) is 7.38. The van der Waals surface area contributed by atoms with E-state index in [1.165, 1.54) is 25.0 Å². The van der Waals surface area contributed by atoms with Gasteiger partial charge in [-0.2, -0.15) is 0 Å². The quantitative estimate of drug-likeness (QED) is 0.616. The first-order valence-corrected chi connectivity index (χ1v) is 10.3. The van der Waals surface area contributed by atoms with Crippen LogP contribution < -0.4 is 17.0 Å². The molecule has 2 heterocycles. The molecule has 4 heteroatoms. The van der Waals surface area contributed by atoms with E-state index in [0.29, 0.717) is 29.1 Å². The number of piperidine rings is 1. The summed E-state index contributed by atoms with van der Waals surface area (Å²) in [5.74, 6) is 0.0296. The second-order valence-electron chi connectivity index (χ2n) is 9.15. The van der Waals surface area contributed by atoms with Gasteiger partial charge in [-0.05, 0) is 59.7 Å². The van der Waals surface area contributed by atoms with Gasteiger partial charge in [0.1, 0.15) is 11.6 Å². The van der Waals surface area contributed by atoms with E-state index in [1.54, 1.807) is 12.1 Å². The number of halogens is 3. The number of nitrogens with zero attached hydrogens (tertiary/aromatic N) is 1. The van der Waals surface area contributed by atoms with Crippen LogP contribution in [0.4, 0.5) is 8.78 Å². The van der Waals surface area contributed by atoms with Gasteiger partial charge < -0.3 is 21.5 Å². The van der Waals surface area contributed by atoms with Crippen molar-refractivity contribution in [3.63, 3.8) is 0 Å². The summed E-state index contributed by atoms with van der Waals surface area (Å²) in [6.07, 6.45) is 7.18. The maximum absolute atomic E-state index is 14.3. The van der Waals surface area contributed by atoms with Gasteiger partial charge in [0, 0.05) is 25.7 Å². The predicted octanol–water partition coefficient (Wildman–Crippen LogP) is 3.03. The number of fused-ring (bicyclic) bond motifs is 2. The summed E-state index contributed by atoms with van der Waals surface area (Å²) in [5, 5.41) is 0. The largest absolute Gasteiger partial charge is 1.00 e. The van der Waals surface area contributed by atoms with Gasteiger partial charge in [0.05, 0.1) is 26.2 Å². The lowest BCUT2D eigenvalue weighted by molar-refractivity contribution is -0.931. The second-order valence-corrected chi connectivity index (χ2v) is 9.15. The van der Waals surface area contributed by atoms with Crippen LogP contribution in [0.1, 0.15) is 47.9 Å². The molecule has 0 spiro atoms. The zero-order valence-corrected chi connectivity index (χ0v) is 19.3. The van der Waals surface area contributed by atoms with Crippen LogP contribution in [0.3, 0.4) is 0 Å². The third-order valence-electron chi connectivity index (χ3n) is 7.38. The summed E-state index contributed by atoms with van der Waals surface area (Å²) in [6, 6.07) is 11.8. The van der Waals surface area contributed by atoms with Gasteiger partial charge in [0.25, 0.3) is 0 Å². The van der Waals surface area contributed by atoms with Crippen LogP contribution in [-0.4, -0.2) is 30.7 Å². The lowest BCUT2D eigenvalue weighted by atomic mass is 9.83. The van der Waals surface area contributed by atoms with E-state index in [2.05, 4.69) is 20.2 Å². The molecule has 2 aromatic rings. The first kappa shape index (κ1) is 22.2. The zero-order valence-electron chi connectivity index (χ0n) is 17.7. The molecule has 2 bridgehead atoms. The Balaban J connectivity index is 0.00000240. The minimum absolute atomic E-state index is 0. The van der Waals surface area contributed by atoms with Crippen LogP contribution in [-0.2, 0) is 0 Å². The summed E-state index contributed by atoms with van der Waals surface area (Å²) >= 11 is 0. The van der Waals surface area contributed by atoms with Gasteiger partial charge in [-0.25, -0.2) is 8.78 Å². The number of hydrogen-bond acceptors (Lipinski definition) is 0. The monoisotopic (exact) mass is 461 g/mol. The van der Waals surface area contributed by atoms with Gasteiger partial charge in [-0.1, -0.05) is 30.3 Å². The van der Waals surface area contributed by atoms with E-state index in [1.807, 2.05) is 26.0 Å². The summed E-state index contributed by atoms with van der Waals surface area (Å²) in [7, 11) is 4.72. The van der Waals surface area contributed by atoms with Crippen LogP contribution >= 0.6 is 0 Å². The summed E-state index contributed by atoms with van der Waals surface area (Å²) in [5.41, 5.74) is 3.99. The SMILES string of the molecule is Cc1c(F)cccc1C(=CC1CC2CCC(C1)[N+]2(C)C)c1cccc(F)c1C.[Br-]. The molecular weight excluding hydrogens is 432 g/mol. The van der Waals surface area contributed by atoms with Crippen LogP contribution in [0.25, 0.3) is 5.57 Å². The Kier molecular flexibility index (Phi) is 6.35. The highest BCUT2D eigenvalue weighted by Gasteiger charge is 2.48. The minimum atomic E-state index is -0.209. The van der Waals surface area contributed by atoms with Crippen LogP contribution in [0.5, 0.6) is 0 Å². The molecule has 0 amide bonds. The summed E-state index contributed by atoms with van der Waals surface area (Å²) in [4.78, 5) is 0. The smallest absolute Gasteiger partial charge is 0.126 e. The van der Waals surface area contributed by atoms with Gasteiger partial charge in [0.15, 0.2) is 0 Å². The zero-order chi connectivity index (χ0) is 20.1. The number of hydrogen-bond donors (Lipinski definition) is 0. The van der Waals surface area contributed by atoms with E-state index in [9.17, 15) is 8.78 Å². The molecule has 0 aromatic heterocycles. The Hall–Kier alpha value is -1.52. The van der Waals surface area contributed by atoms with Crippen molar-refractivity contribution in [2.75, 3.05) is 14.1 Å². The first-order valence-electron chi connectivity index (χ1n) is 10.3. The van der Waals surface area contributed by atoms with Gasteiger partial charge in [-0.15, -0.1) is 0 Å². The standard InChI is InChI=1S/C25H30F2N.BrH/c1-16-21(7-5-9-24(16)26)23(22-8-6-10-25(27)17(22)2)15-18-13-19-11-12-20(14-18)28(19,3)4;/h5-10,15,18-20H,11-14H2,1-4H3;1H/q+1;/p-1. The minimum Gasteiger partial charge on any atom is -1.00 e. The molecule has 2 aromatic carbocycles. The summed E-state index contributed by atoms with van der Waals surface area (Å²) < 4.78 is 29.8. The topological polar surface area (TPSA) is 0 Å². The molecule has 2 aliphatic rings. The van der Waals surface area contributed by atoms with E-state index in [0.717, 1.165) is 34.0 Å². The molecule has 0 radical (unpaired) electrons. The number of allylic oxidation sites excluding steroid dienone is 1. The normalized spacial score (nSPS) is 24.7. The molecule has 156 valence electrons. The molecule has 4 rings (SSSR count). The van der Waals surface area contributed by atoms with Gasteiger partial charge >= 0.3 is 0 Å². The van der Waals surface area contributed by atoms with Crippen LogP contribution in [0.15, 0.2) is 42.5 Å². The first-order chi connectivity index (χ1) is 13.3. The Morgan fingerprint density at radius 3 is 1.76 bits per heavy atom. The van der Waals surface area contributed by atoms with Crippen LogP contribution in [0, 0.1) is 31.4 Å². The molecule has 0 saturated carbocycles. The van der Waals surface area contributed by atoms with Crippen molar-refractivity contribution in [2.45, 2.75) is 51.6 Å². The van der Waals surface area contributed by atoms with Gasteiger partial charge in [0.2, 0.25) is 0 Å². The van der Waals surface area contributed by atoms with E-state index >= 15 is 0 Å². The van der Waals surface area contributed by atoms with Crippen molar-refractivity contribution in [3.8, 4) is 0 Å². The molecule has 2 unspecified atom stereocenters. The highest BCUT2D eigenvalue weighted by Crippen LogP contribution is 2.44. The fourth-order valence-corrected chi connectivity index (χ4v) is 5.42. The molecule has 2 aliphatic heterocycles. The molecule has 0 aliphatic carbocycles. The van der Waals surface area contributed by atoms with E-state index in [4.69, 9.17) is 0 Å². The number of rotatable bonds is 3. The lowest BCUT2D eigenvalue weighted by Gasteiger charge is -2.44. The second kappa shape index (κ2) is 8.31. The Bertz CT molecular complexity index is 865. The van der Waals surface area contributed by atoms with Crippen molar-refractivity contribution < 1.29 is 30.2 Å². The summed E-state index contributed by atoms with van der Waals surface area (Å²) in [6.45, 7) is 3.63. The van der Waals surface area contributed by atoms with Crippen molar-refractivity contribution in [3.05, 3.63) is 76.4 Å². The lowest BCUT2D eigenvalue weighted by Crippen LogP contribution is -3.00. The van der Waals surface area contributed by atoms with Crippen molar-refractivity contribution in [2.24, 2.45) is 5.92 Å². The molecule has 2 fully saturated rings. The maximum atomic E-state index is 14.3. The maximum Gasteiger partial charge on any atom is 0.126 e. The molecule has 1 nitrogen and oxygen atoms in total. The molecule has 29 heavy (non-hydrogen) atoms. The third kappa shape index (κ3) is 3.94. The molecular formula is C25H30BrF2N. The average molecular weight is 462 g/mol. The molecule has 2 atom stereocenters. The van der Waals surface area contributed by atoms with Crippen molar-refractivity contribution >= 4 is 5.57 Å². The predicted molar refractivity (Wildman–Crippen MR) is 111 cm³/mol. The highest BCUT2D eigenvalue weighted by molar-refractivity contribution is 5.83.